The fourth-order valence-electron chi connectivity index (χ4n) is 5.13. The zero-order valence-electron chi connectivity index (χ0n) is 20.6. The Morgan fingerprint density at radius 2 is 1.63 bits per heavy atom. The first-order valence-corrected chi connectivity index (χ1v) is 12.3. The predicted octanol–water partition coefficient (Wildman–Crippen LogP) is 4.80. The molecule has 1 fully saturated rings. The minimum absolute atomic E-state index is 0.0253. The van der Waals surface area contributed by atoms with Gasteiger partial charge in [-0.2, -0.15) is 0 Å². The summed E-state index contributed by atoms with van der Waals surface area (Å²) in [5, 5.41) is 12.4. The first kappa shape index (κ1) is 24.8. The monoisotopic (exact) mass is 478 g/mol. The SMILES string of the molecule is CC(C)(C)C(CC(=O)N1CCCC[C@H]1C(=O)O)NC(=O)OCC1c2ccccc2-c2ccccc21. The number of rotatable bonds is 6. The van der Waals surface area contributed by atoms with Gasteiger partial charge >= 0.3 is 12.1 Å². The normalized spacial score (nSPS) is 18.4. The summed E-state index contributed by atoms with van der Waals surface area (Å²) in [6, 6.07) is 15.0. The highest BCUT2D eigenvalue weighted by molar-refractivity contribution is 5.84. The standard InChI is InChI=1S/C28H34N2O5/c1-28(2,3)24(16-25(31)30-15-9-8-14-23(30)26(32)33)29-27(34)35-17-22-20-12-6-4-10-18(20)19-11-5-7-13-21(19)22/h4-7,10-13,22-24H,8-9,14-17H2,1-3H3,(H,29,34)(H,32,33)/t23-,24?/m0/s1. The van der Waals surface area contributed by atoms with Gasteiger partial charge in [-0.25, -0.2) is 9.59 Å². The Labute approximate surface area is 206 Å². The Morgan fingerprint density at radius 1 is 1.03 bits per heavy atom. The zero-order valence-corrected chi connectivity index (χ0v) is 20.6. The van der Waals surface area contributed by atoms with E-state index >= 15 is 0 Å². The van der Waals surface area contributed by atoms with Gasteiger partial charge in [-0.1, -0.05) is 69.3 Å². The molecule has 2 aliphatic rings. The van der Waals surface area contributed by atoms with Crippen LogP contribution >= 0.6 is 0 Å². The van der Waals surface area contributed by atoms with E-state index in [-0.39, 0.29) is 24.9 Å². The molecule has 186 valence electrons. The number of amides is 2. The maximum absolute atomic E-state index is 13.1. The van der Waals surface area contributed by atoms with Crippen LogP contribution in [0.1, 0.15) is 63.5 Å². The van der Waals surface area contributed by atoms with Gasteiger partial charge in [-0.15, -0.1) is 0 Å². The van der Waals surface area contributed by atoms with Crippen LogP contribution in [0.2, 0.25) is 0 Å². The molecule has 7 nitrogen and oxygen atoms in total. The highest BCUT2D eigenvalue weighted by Crippen LogP contribution is 2.44. The van der Waals surface area contributed by atoms with Crippen molar-refractivity contribution in [1.29, 1.82) is 0 Å². The van der Waals surface area contributed by atoms with Gasteiger partial charge < -0.3 is 20.1 Å². The number of alkyl carbamates (subject to hydrolysis) is 1. The van der Waals surface area contributed by atoms with Gasteiger partial charge in [0.2, 0.25) is 5.91 Å². The van der Waals surface area contributed by atoms with Crippen LogP contribution in [-0.2, 0) is 14.3 Å². The molecule has 0 spiro atoms. The van der Waals surface area contributed by atoms with E-state index in [1.165, 1.54) is 4.90 Å². The lowest BCUT2D eigenvalue weighted by atomic mass is 9.84. The number of carbonyl (C=O) groups is 3. The molecule has 2 amide bonds. The average molecular weight is 479 g/mol. The van der Waals surface area contributed by atoms with E-state index in [0.29, 0.717) is 13.0 Å². The van der Waals surface area contributed by atoms with E-state index < -0.39 is 29.6 Å². The van der Waals surface area contributed by atoms with Crippen molar-refractivity contribution in [3.63, 3.8) is 0 Å². The van der Waals surface area contributed by atoms with Gasteiger partial charge in [0.1, 0.15) is 12.6 Å². The van der Waals surface area contributed by atoms with Crippen LogP contribution in [0.4, 0.5) is 4.79 Å². The lowest BCUT2D eigenvalue weighted by Gasteiger charge is -2.36. The Bertz CT molecular complexity index is 1060. The molecule has 4 rings (SSSR count). The molecule has 1 aliphatic heterocycles. The van der Waals surface area contributed by atoms with E-state index in [9.17, 15) is 19.5 Å². The molecule has 1 saturated heterocycles. The number of carboxylic acids is 1. The molecule has 1 heterocycles. The molecule has 0 bridgehead atoms. The summed E-state index contributed by atoms with van der Waals surface area (Å²) in [6.45, 7) is 6.45. The first-order valence-electron chi connectivity index (χ1n) is 12.3. The van der Waals surface area contributed by atoms with Crippen molar-refractivity contribution in [2.24, 2.45) is 5.41 Å². The van der Waals surface area contributed by atoms with Crippen LogP contribution in [-0.4, -0.2) is 53.2 Å². The second kappa shape index (κ2) is 10.1. The first-order chi connectivity index (χ1) is 16.7. The van der Waals surface area contributed by atoms with Crippen LogP contribution in [0.25, 0.3) is 11.1 Å². The molecular weight excluding hydrogens is 444 g/mol. The van der Waals surface area contributed by atoms with Crippen molar-refractivity contribution in [1.82, 2.24) is 10.2 Å². The number of hydrogen-bond acceptors (Lipinski definition) is 4. The smallest absolute Gasteiger partial charge is 0.407 e. The van der Waals surface area contributed by atoms with Crippen molar-refractivity contribution >= 4 is 18.0 Å². The van der Waals surface area contributed by atoms with E-state index in [0.717, 1.165) is 35.1 Å². The molecule has 1 unspecified atom stereocenters. The number of carbonyl (C=O) groups excluding carboxylic acids is 2. The van der Waals surface area contributed by atoms with Crippen LogP contribution in [0.15, 0.2) is 48.5 Å². The van der Waals surface area contributed by atoms with Crippen LogP contribution in [0.5, 0.6) is 0 Å². The third kappa shape index (κ3) is 5.34. The third-order valence-corrected chi connectivity index (χ3v) is 7.17. The van der Waals surface area contributed by atoms with Gasteiger partial charge in [0.25, 0.3) is 0 Å². The minimum atomic E-state index is -0.977. The number of carboxylic acid groups (broad SMARTS) is 1. The number of ether oxygens (including phenoxy) is 1. The van der Waals surface area contributed by atoms with E-state index in [1.54, 1.807) is 0 Å². The van der Waals surface area contributed by atoms with Gasteiger partial charge in [0.05, 0.1) is 0 Å². The second-order valence-electron chi connectivity index (χ2n) is 10.5. The number of aliphatic carboxylic acids is 1. The van der Waals surface area contributed by atoms with Crippen molar-refractivity contribution in [2.45, 2.75) is 64.5 Å². The van der Waals surface area contributed by atoms with Gasteiger partial charge in [0.15, 0.2) is 0 Å². The van der Waals surface area contributed by atoms with Gasteiger partial charge in [-0.05, 0) is 46.9 Å². The van der Waals surface area contributed by atoms with E-state index in [1.807, 2.05) is 45.0 Å². The molecule has 2 N–H and O–H groups in total. The molecule has 0 aromatic heterocycles. The quantitative estimate of drug-likeness (QED) is 0.622. The zero-order chi connectivity index (χ0) is 25.2. The van der Waals surface area contributed by atoms with E-state index in [4.69, 9.17) is 4.74 Å². The molecule has 2 atom stereocenters. The number of nitrogens with one attached hydrogen (secondary N) is 1. The number of benzene rings is 2. The van der Waals surface area contributed by atoms with Gasteiger partial charge in [0, 0.05) is 24.9 Å². The molecule has 35 heavy (non-hydrogen) atoms. The molecule has 2 aromatic carbocycles. The van der Waals surface area contributed by atoms with Crippen LogP contribution in [0.3, 0.4) is 0 Å². The van der Waals surface area contributed by atoms with Crippen molar-refractivity contribution in [3.8, 4) is 11.1 Å². The lowest BCUT2D eigenvalue weighted by molar-refractivity contribution is -0.152. The summed E-state index contributed by atoms with van der Waals surface area (Å²) in [7, 11) is 0. The number of likely N-dealkylation sites (tertiary alicyclic amines) is 1. The minimum Gasteiger partial charge on any atom is -0.480 e. The second-order valence-corrected chi connectivity index (χ2v) is 10.5. The summed E-state index contributed by atoms with van der Waals surface area (Å²) >= 11 is 0. The summed E-state index contributed by atoms with van der Waals surface area (Å²) in [5.74, 6) is -1.28. The maximum atomic E-state index is 13.1. The van der Waals surface area contributed by atoms with E-state index in [2.05, 4.69) is 29.6 Å². The Kier molecular flexibility index (Phi) is 7.15. The molecule has 2 aromatic rings. The number of hydrogen-bond donors (Lipinski definition) is 2. The maximum Gasteiger partial charge on any atom is 0.407 e. The summed E-state index contributed by atoms with van der Waals surface area (Å²) in [6.07, 6.45) is 1.49. The topological polar surface area (TPSA) is 95.9 Å². The molecule has 7 heteroatoms. The molecule has 1 aliphatic carbocycles. The van der Waals surface area contributed by atoms with Crippen LogP contribution < -0.4 is 5.32 Å². The Morgan fingerprint density at radius 3 is 2.20 bits per heavy atom. The fraction of sp³-hybridized carbons (Fsp3) is 0.464. The molecule has 0 radical (unpaired) electrons. The third-order valence-electron chi connectivity index (χ3n) is 7.17. The Balaban J connectivity index is 1.42. The Hall–Kier alpha value is -3.35. The largest absolute Gasteiger partial charge is 0.480 e. The van der Waals surface area contributed by atoms with Crippen LogP contribution in [0, 0.1) is 5.41 Å². The predicted molar refractivity (Wildman–Crippen MR) is 133 cm³/mol. The van der Waals surface area contributed by atoms with Gasteiger partial charge in [-0.3, -0.25) is 4.79 Å². The number of piperidine rings is 1. The van der Waals surface area contributed by atoms with Crippen molar-refractivity contribution in [3.05, 3.63) is 59.7 Å². The summed E-state index contributed by atoms with van der Waals surface area (Å²) in [4.78, 5) is 39.0. The summed E-state index contributed by atoms with van der Waals surface area (Å²) in [5.41, 5.74) is 4.16. The number of fused-ring (bicyclic) bond motifs is 3. The average Bonchev–Trinajstić information content (AvgIpc) is 3.15. The van der Waals surface area contributed by atoms with Crippen molar-refractivity contribution in [2.75, 3.05) is 13.2 Å². The number of nitrogens with zero attached hydrogens (tertiary/aromatic N) is 1. The summed E-state index contributed by atoms with van der Waals surface area (Å²) < 4.78 is 5.68. The highest BCUT2D eigenvalue weighted by Gasteiger charge is 2.36. The molecular formula is C28H34N2O5. The molecule has 0 saturated carbocycles. The fourth-order valence-corrected chi connectivity index (χ4v) is 5.13. The van der Waals surface area contributed by atoms with Crippen molar-refractivity contribution < 1.29 is 24.2 Å². The lowest BCUT2D eigenvalue weighted by Crippen LogP contribution is -2.52. The highest BCUT2D eigenvalue weighted by atomic mass is 16.5.